The summed E-state index contributed by atoms with van der Waals surface area (Å²) < 4.78 is 0. The first-order valence-electron chi connectivity index (χ1n) is 4.31. The summed E-state index contributed by atoms with van der Waals surface area (Å²) in [6.07, 6.45) is 4.76. The number of nitrogens with zero attached hydrogens (tertiary/aromatic N) is 2. The number of hydrogen-bond acceptors (Lipinski definition) is 3. The molecule has 1 N–H and O–H groups in total. The fourth-order valence-electron chi connectivity index (χ4n) is 0.904. The van der Waals surface area contributed by atoms with Crippen molar-refractivity contribution in [1.29, 1.82) is 0 Å². The Morgan fingerprint density at radius 2 is 2.17 bits per heavy atom. The van der Waals surface area contributed by atoms with Crippen LogP contribution in [-0.2, 0) is 6.54 Å². The van der Waals surface area contributed by atoms with Crippen molar-refractivity contribution in [3.63, 3.8) is 0 Å². The second-order valence-electron chi connectivity index (χ2n) is 2.83. The van der Waals surface area contributed by atoms with Crippen molar-refractivity contribution in [2.75, 3.05) is 6.54 Å². The molecular formula is C9H15N3. The maximum absolute atomic E-state index is 4.23. The summed E-state index contributed by atoms with van der Waals surface area (Å²) in [6.45, 7) is 5.95. The van der Waals surface area contributed by atoms with Crippen LogP contribution in [0.15, 0.2) is 12.4 Å². The molecule has 1 rings (SSSR count). The Labute approximate surface area is 73.2 Å². The van der Waals surface area contributed by atoms with E-state index in [9.17, 15) is 0 Å². The topological polar surface area (TPSA) is 37.8 Å². The Kier molecular flexibility index (Phi) is 3.67. The molecular weight excluding hydrogens is 150 g/mol. The molecule has 3 heteroatoms. The molecule has 3 nitrogen and oxygen atoms in total. The second kappa shape index (κ2) is 4.83. The van der Waals surface area contributed by atoms with Crippen LogP contribution in [-0.4, -0.2) is 16.5 Å². The molecule has 0 aliphatic heterocycles. The molecule has 0 saturated carbocycles. The van der Waals surface area contributed by atoms with Crippen LogP contribution in [0.3, 0.4) is 0 Å². The zero-order valence-electron chi connectivity index (χ0n) is 7.67. The lowest BCUT2D eigenvalue weighted by atomic mass is 10.4. The van der Waals surface area contributed by atoms with E-state index < -0.39 is 0 Å². The first-order valence-corrected chi connectivity index (χ1v) is 4.31. The molecule has 66 valence electrons. The molecule has 1 aromatic rings. The lowest BCUT2D eigenvalue weighted by molar-refractivity contribution is 0.661. The van der Waals surface area contributed by atoms with Crippen molar-refractivity contribution in [2.24, 2.45) is 0 Å². The van der Waals surface area contributed by atoms with Crippen molar-refractivity contribution in [1.82, 2.24) is 15.3 Å². The van der Waals surface area contributed by atoms with Crippen molar-refractivity contribution >= 4 is 0 Å². The molecule has 0 amide bonds. The van der Waals surface area contributed by atoms with Crippen LogP contribution in [0.1, 0.15) is 24.7 Å². The van der Waals surface area contributed by atoms with Crippen LogP contribution < -0.4 is 5.32 Å². The van der Waals surface area contributed by atoms with Crippen molar-refractivity contribution < 1.29 is 0 Å². The summed E-state index contributed by atoms with van der Waals surface area (Å²) in [7, 11) is 0. The molecule has 12 heavy (non-hydrogen) atoms. The lowest BCUT2D eigenvalue weighted by Gasteiger charge is -2.01. The van der Waals surface area contributed by atoms with Gasteiger partial charge in [0.2, 0.25) is 0 Å². The zero-order valence-corrected chi connectivity index (χ0v) is 7.67. The van der Waals surface area contributed by atoms with E-state index in [2.05, 4.69) is 22.2 Å². The van der Waals surface area contributed by atoms with Gasteiger partial charge in [-0.3, -0.25) is 9.97 Å². The predicted molar refractivity (Wildman–Crippen MR) is 48.8 cm³/mol. The minimum atomic E-state index is 0.821. The van der Waals surface area contributed by atoms with Crippen LogP contribution in [0.5, 0.6) is 0 Å². The minimum Gasteiger partial charge on any atom is -0.311 e. The number of hydrogen-bond donors (Lipinski definition) is 1. The molecule has 0 fully saturated rings. The van der Waals surface area contributed by atoms with Gasteiger partial charge in [0, 0.05) is 18.9 Å². The van der Waals surface area contributed by atoms with Gasteiger partial charge in [0.1, 0.15) is 0 Å². The molecule has 1 aromatic heterocycles. The fourth-order valence-corrected chi connectivity index (χ4v) is 0.904. The molecule has 1 heterocycles. The predicted octanol–water partition coefficient (Wildman–Crippen LogP) is 1.28. The van der Waals surface area contributed by atoms with Gasteiger partial charge in [-0.2, -0.15) is 0 Å². The smallest absolute Gasteiger partial charge is 0.0724 e. The van der Waals surface area contributed by atoms with Gasteiger partial charge >= 0.3 is 0 Å². The van der Waals surface area contributed by atoms with E-state index in [-0.39, 0.29) is 0 Å². The van der Waals surface area contributed by atoms with Gasteiger partial charge < -0.3 is 5.32 Å². The molecule has 0 bridgehead atoms. The number of aromatic nitrogens is 2. The van der Waals surface area contributed by atoms with Crippen LogP contribution in [0.25, 0.3) is 0 Å². The highest BCUT2D eigenvalue weighted by molar-refractivity contribution is 4.99. The molecule has 0 radical (unpaired) electrons. The third-order valence-electron chi connectivity index (χ3n) is 1.57. The highest BCUT2D eigenvalue weighted by Crippen LogP contribution is 1.92. The molecule has 0 spiro atoms. The first kappa shape index (κ1) is 9.13. The van der Waals surface area contributed by atoms with Gasteiger partial charge in [-0.25, -0.2) is 0 Å². The van der Waals surface area contributed by atoms with Gasteiger partial charge in [-0.05, 0) is 19.9 Å². The van der Waals surface area contributed by atoms with Crippen LogP contribution in [0.4, 0.5) is 0 Å². The maximum Gasteiger partial charge on any atom is 0.0724 e. The summed E-state index contributed by atoms with van der Waals surface area (Å²) in [5.74, 6) is 0. The highest BCUT2D eigenvalue weighted by Gasteiger charge is 1.92. The molecule has 0 aromatic carbocycles. The van der Waals surface area contributed by atoms with Gasteiger partial charge in [0.25, 0.3) is 0 Å². The third kappa shape index (κ3) is 2.96. The quantitative estimate of drug-likeness (QED) is 0.683. The maximum atomic E-state index is 4.23. The summed E-state index contributed by atoms with van der Waals surface area (Å²) in [6, 6.07) is 0. The van der Waals surface area contributed by atoms with Crippen LogP contribution >= 0.6 is 0 Å². The summed E-state index contributed by atoms with van der Waals surface area (Å²) in [5, 5.41) is 3.27. The number of aryl methyl sites for hydroxylation is 1. The molecule has 0 unspecified atom stereocenters. The average molecular weight is 165 g/mol. The van der Waals surface area contributed by atoms with Crippen LogP contribution in [0.2, 0.25) is 0 Å². The molecule has 0 aliphatic carbocycles. The Morgan fingerprint density at radius 1 is 1.33 bits per heavy atom. The van der Waals surface area contributed by atoms with Gasteiger partial charge in [-0.15, -0.1) is 0 Å². The largest absolute Gasteiger partial charge is 0.311 e. The fraction of sp³-hybridized carbons (Fsp3) is 0.556. The third-order valence-corrected chi connectivity index (χ3v) is 1.57. The molecule has 0 saturated heterocycles. The van der Waals surface area contributed by atoms with Gasteiger partial charge in [0.15, 0.2) is 0 Å². The monoisotopic (exact) mass is 165 g/mol. The van der Waals surface area contributed by atoms with Crippen molar-refractivity contribution in [3.05, 3.63) is 23.8 Å². The molecule has 0 aliphatic rings. The van der Waals surface area contributed by atoms with Gasteiger partial charge in [0.05, 0.1) is 11.4 Å². The summed E-state index contributed by atoms with van der Waals surface area (Å²) in [5.41, 5.74) is 1.98. The van der Waals surface area contributed by atoms with E-state index in [0.717, 1.165) is 30.9 Å². The molecule has 0 atom stereocenters. The lowest BCUT2D eigenvalue weighted by Crippen LogP contribution is -2.14. The Balaban J connectivity index is 2.37. The normalized spacial score (nSPS) is 10.2. The minimum absolute atomic E-state index is 0.821. The first-order chi connectivity index (χ1) is 5.83. The standard InChI is InChI=1S/C9H15N3/c1-3-4-10-6-9-7-11-8(2)5-12-9/h5,7,10H,3-4,6H2,1-2H3. The highest BCUT2D eigenvalue weighted by atomic mass is 14.9. The SMILES string of the molecule is CCCNCc1cnc(C)cn1. The summed E-state index contributed by atoms with van der Waals surface area (Å²) in [4.78, 5) is 8.38. The second-order valence-corrected chi connectivity index (χ2v) is 2.83. The number of nitrogens with one attached hydrogen (secondary N) is 1. The zero-order chi connectivity index (χ0) is 8.81. The van der Waals surface area contributed by atoms with Crippen LogP contribution in [0, 0.1) is 6.92 Å². The van der Waals surface area contributed by atoms with E-state index in [0.29, 0.717) is 0 Å². The van der Waals surface area contributed by atoms with Crippen molar-refractivity contribution in [3.8, 4) is 0 Å². The Bertz CT molecular complexity index is 218. The van der Waals surface area contributed by atoms with E-state index in [1.165, 1.54) is 0 Å². The van der Waals surface area contributed by atoms with E-state index in [1.54, 1.807) is 6.20 Å². The van der Waals surface area contributed by atoms with E-state index in [4.69, 9.17) is 0 Å². The number of rotatable bonds is 4. The average Bonchev–Trinajstić information content (AvgIpc) is 2.09. The van der Waals surface area contributed by atoms with E-state index >= 15 is 0 Å². The Hall–Kier alpha value is -0.960. The summed E-state index contributed by atoms with van der Waals surface area (Å²) >= 11 is 0. The van der Waals surface area contributed by atoms with E-state index in [1.807, 2.05) is 13.1 Å². The Morgan fingerprint density at radius 3 is 2.75 bits per heavy atom. The van der Waals surface area contributed by atoms with Crippen molar-refractivity contribution in [2.45, 2.75) is 26.8 Å². The van der Waals surface area contributed by atoms with Gasteiger partial charge in [-0.1, -0.05) is 6.92 Å².